The lowest BCUT2D eigenvalue weighted by molar-refractivity contribution is -0.144. The molecule has 124 valence electrons. The van der Waals surface area contributed by atoms with Crippen molar-refractivity contribution in [2.24, 2.45) is 5.41 Å². The third kappa shape index (κ3) is 5.51. The highest BCUT2D eigenvalue weighted by Gasteiger charge is 2.14. The molecule has 1 aromatic carbocycles. The Morgan fingerprint density at radius 2 is 2.04 bits per heavy atom. The van der Waals surface area contributed by atoms with Crippen LogP contribution in [-0.2, 0) is 16.0 Å². The number of nitrogens with zero attached hydrogens (tertiary/aromatic N) is 1. The molecule has 0 bridgehead atoms. The summed E-state index contributed by atoms with van der Waals surface area (Å²) in [7, 11) is 0. The van der Waals surface area contributed by atoms with Crippen LogP contribution in [-0.4, -0.2) is 17.6 Å². The van der Waals surface area contributed by atoms with Crippen LogP contribution >= 0.6 is 0 Å². The van der Waals surface area contributed by atoms with Gasteiger partial charge in [0.1, 0.15) is 5.82 Å². The molecule has 4 nitrogen and oxygen atoms in total. The van der Waals surface area contributed by atoms with E-state index < -0.39 is 0 Å². The Bertz CT molecular complexity index is 658. The molecule has 0 saturated heterocycles. The third-order valence-electron chi connectivity index (χ3n) is 3.35. The molecule has 0 radical (unpaired) electrons. The summed E-state index contributed by atoms with van der Waals surface area (Å²) in [6.45, 7) is 6.70. The number of carbonyl (C=O) groups excluding carboxylic acids is 1. The SMILES string of the molecule is CC(C)(C)CCOC(=O)CCc1ncc(-c2ccccc2F)o1. The molecule has 1 heterocycles. The van der Waals surface area contributed by atoms with Crippen LogP contribution < -0.4 is 0 Å². The Morgan fingerprint density at radius 3 is 2.74 bits per heavy atom. The normalized spacial score (nSPS) is 11.5. The van der Waals surface area contributed by atoms with Gasteiger partial charge in [-0.25, -0.2) is 9.37 Å². The van der Waals surface area contributed by atoms with E-state index in [0.29, 0.717) is 30.2 Å². The zero-order valence-electron chi connectivity index (χ0n) is 13.8. The van der Waals surface area contributed by atoms with Crippen molar-refractivity contribution in [2.45, 2.75) is 40.0 Å². The van der Waals surface area contributed by atoms with E-state index in [1.165, 1.54) is 12.3 Å². The number of aromatic nitrogens is 1. The third-order valence-corrected chi connectivity index (χ3v) is 3.35. The number of hydrogen-bond donors (Lipinski definition) is 0. The molecule has 23 heavy (non-hydrogen) atoms. The van der Waals surface area contributed by atoms with E-state index in [0.717, 1.165) is 6.42 Å². The zero-order valence-corrected chi connectivity index (χ0v) is 13.8. The van der Waals surface area contributed by atoms with Crippen LogP contribution in [0.2, 0.25) is 0 Å². The second-order valence-electron chi connectivity index (χ2n) is 6.63. The van der Waals surface area contributed by atoms with Crippen molar-refractivity contribution in [2.75, 3.05) is 6.61 Å². The average molecular weight is 319 g/mol. The zero-order chi connectivity index (χ0) is 16.9. The number of benzene rings is 1. The van der Waals surface area contributed by atoms with Gasteiger partial charge >= 0.3 is 5.97 Å². The van der Waals surface area contributed by atoms with Gasteiger partial charge in [0, 0.05) is 6.42 Å². The van der Waals surface area contributed by atoms with E-state index in [-0.39, 0.29) is 23.6 Å². The Labute approximate surface area is 135 Å². The maximum atomic E-state index is 13.7. The van der Waals surface area contributed by atoms with Gasteiger partial charge in [0.05, 0.1) is 24.8 Å². The van der Waals surface area contributed by atoms with E-state index in [4.69, 9.17) is 9.15 Å². The van der Waals surface area contributed by atoms with Crippen LogP contribution in [0.4, 0.5) is 4.39 Å². The van der Waals surface area contributed by atoms with E-state index in [1.807, 2.05) is 0 Å². The summed E-state index contributed by atoms with van der Waals surface area (Å²) in [6, 6.07) is 6.33. The van der Waals surface area contributed by atoms with Gasteiger partial charge in [0.2, 0.25) is 0 Å². The number of rotatable bonds is 6. The molecule has 2 aromatic rings. The summed E-state index contributed by atoms with van der Waals surface area (Å²) in [6.07, 6.45) is 2.82. The van der Waals surface area contributed by atoms with Gasteiger partial charge in [0.15, 0.2) is 11.7 Å². The fourth-order valence-corrected chi connectivity index (χ4v) is 1.96. The Morgan fingerprint density at radius 1 is 1.30 bits per heavy atom. The van der Waals surface area contributed by atoms with Gasteiger partial charge in [-0.15, -0.1) is 0 Å². The fourth-order valence-electron chi connectivity index (χ4n) is 1.96. The van der Waals surface area contributed by atoms with Crippen molar-refractivity contribution < 1.29 is 18.3 Å². The Kier molecular flexibility index (Phi) is 5.53. The van der Waals surface area contributed by atoms with Crippen molar-refractivity contribution >= 4 is 5.97 Å². The maximum Gasteiger partial charge on any atom is 0.306 e. The number of oxazole rings is 1. The van der Waals surface area contributed by atoms with Crippen LogP contribution in [0.5, 0.6) is 0 Å². The summed E-state index contributed by atoms with van der Waals surface area (Å²) < 4.78 is 24.4. The van der Waals surface area contributed by atoms with Crippen LogP contribution in [0, 0.1) is 11.2 Å². The van der Waals surface area contributed by atoms with Gasteiger partial charge in [-0.2, -0.15) is 0 Å². The second-order valence-corrected chi connectivity index (χ2v) is 6.63. The standard InChI is InChI=1S/C18H22FNO3/c1-18(2,3)10-11-22-17(21)9-8-16-20-12-15(23-16)13-6-4-5-7-14(13)19/h4-7,12H,8-11H2,1-3H3. The first-order chi connectivity index (χ1) is 10.8. The van der Waals surface area contributed by atoms with Crippen molar-refractivity contribution in [3.63, 3.8) is 0 Å². The van der Waals surface area contributed by atoms with E-state index in [9.17, 15) is 9.18 Å². The summed E-state index contributed by atoms with van der Waals surface area (Å²) >= 11 is 0. The molecule has 0 spiro atoms. The number of hydrogen-bond acceptors (Lipinski definition) is 4. The average Bonchev–Trinajstić information content (AvgIpc) is 2.93. The Balaban J connectivity index is 1.83. The van der Waals surface area contributed by atoms with E-state index >= 15 is 0 Å². The van der Waals surface area contributed by atoms with Gasteiger partial charge in [0.25, 0.3) is 0 Å². The van der Waals surface area contributed by atoms with Crippen molar-refractivity contribution in [1.82, 2.24) is 4.98 Å². The molecular formula is C18H22FNO3. The first kappa shape index (κ1) is 17.2. The highest BCUT2D eigenvalue weighted by atomic mass is 19.1. The molecule has 0 N–H and O–H groups in total. The second kappa shape index (κ2) is 7.40. The predicted octanol–water partition coefficient (Wildman–Crippen LogP) is 4.39. The number of aryl methyl sites for hydroxylation is 1. The Hall–Kier alpha value is -2.17. The van der Waals surface area contributed by atoms with Crippen LogP contribution in [0.3, 0.4) is 0 Å². The lowest BCUT2D eigenvalue weighted by Crippen LogP contribution is -2.13. The van der Waals surface area contributed by atoms with Crippen molar-refractivity contribution in [3.05, 3.63) is 42.2 Å². The van der Waals surface area contributed by atoms with Crippen molar-refractivity contribution in [1.29, 1.82) is 0 Å². The minimum Gasteiger partial charge on any atom is -0.466 e. The minimum atomic E-state index is -0.364. The molecule has 0 amide bonds. The number of carbonyl (C=O) groups is 1. The van der Waals surface area contributed by atoms with Gasteiger partial charge < -0.3 is 9.15 Å². The summed E-state index contributed by atoms with van der Waals surface area (Å²) in [4.78, 5) is 15.8. The fraction of sp³-hybridized carbons (Fsp3) is 0.444. The molecule has 0 unspecified atom stereocenters. The van der Waals surface area contributed by atoms with Crippen LogP contribution in [0.1, 0.15) is 39.5 Å². The largest absolute Gasteiger partial charge is 0.466 e. The lowest BCUT2D eigenvalue weighted by atomic mass is 9.93. The highest BCUT2D eigenvalue weighted by molar-refractivity contribution is 5.69. The molecule has 1 aromatic heterocycles. The monoisotopic (exact) mass is 319 g/mol. The van der Waals surface area contributed by atoms with Gasteiger partial charge in [-0.1, -0.05) is 32.9 Å². The number of esters is 1. The summed E-state index contributed by atoms with van der Waals surface area (Å²) in [5.74, 6) is 0.118. The number of ether oxygens (including phenoxy) is 1. The molecule has 0 aliphatic rings. The molecule has 0 saturated carbocycles. The topological polar surface area (TPSA) is 52.3 Å². The van der Waals surface area contributed by atoms with Gasteiger partial charge in [-0.3, -0.25) is 4.79 Å². The van der Waals surface area contributed by atoms with Gasteiger partial charge in [-0.05, 0) is 24.0 Å². The number of halogens is 1. The molecule has 2 rings (SSSR count). The van der Waals surface area contributed by atoms with Crippen LogP contribution in [0.15, 0.2) is 34.9 Å². The van der Waals surface area contributed by atoms with Crippen LogP contribution in [0.25, 0.3) is 11.3 Å². The summed E-state index contributed by atoms with van der Waals surface area (Å²) in [5.41, 5.74) is 0.497. The molecule has 0 aliphatic carbocycles. The maximum absolute atomic E-state index is 13.7. The highest BCUT2D eigenvalue weighted by Crippen LogP contribution is 2.23. The smallest absolute Gasteiger partial charge is 0.306 e. The minimum absolute atomic E-state index is 0.136. The molecular weight excluding hydrogens is 297 g/mol. The van der Waals surface area contributed by atoms with Crippen molar-refractivity contribution in [3.8, 4) is 11.3 Å². The first-order valence-electron chi connectivity index (χ1n) is 7.70. The first-order valence-corrected chi connectivity index (χ1v) is 7.70. The molecule has 5 heteroatoms. The van der Waals surface area contributed by atoms with E-state index in [1.54, 1.807) is 18.2 Å². The predicted molar refractivity (Wildman–Crippen MR) is 85.2 cm³/mol. The molecule has 0 aliphatic heterocycles. The molecule has 0 fully saturated rings. The summed E-state index contributed by atoms with van der Waals surface area (Å²) in [5, 5.41) is 0. The molecule has 0 atom stereocenters. The lowest BCUT2D eigenvalue weighted by Gasteiger charge is -2.17. The van der Waals surface area contributed by atoms with E-state index in [2.05, 4.69) is 25.8 Å². The quantitative estimate of drug-likeness (QED) is 0.741.